The molecule has 44 heavy (non-hydrogen) atoms. The molecule has 0 fully saturated rings. The zero-order valence-electron chi connectivity index (χ0n) is 23.4. The predicted molar refractivity (Wildman–Crippen MR) is 172 cm³/mol. The molecule has 7 heteroatoms. The summed E-state index contributed by atoms with van der Waals surface area (Å²) in [4.78, 5) is 23.3. The molecule has 0 saturated carbocycles. The molecule has 1 aliphatic heterocycles. The van der Waals surface area contributed by atoms with Gasteiger partial charge in [-0.05, 0) is 65.2 Å². The quantitative estimate of drug-likeness (QED) is 0.222. The highest BCUT2D eigenvalue weighted by atomic mass is 16.5. The van der Waals surface area contributed by atoms with Gasteiger partial charge in [0.05, 0.1) is 11.4 Å². The molecule has 0 bridgehead atoms. The lowest BCUT2D eigenvalue weighted by molar-refractivity contribution is 0.483. The summed E-state index contributed by atoms with van der Waals surface area (Å²) in [6, 6.07) is 38.5. The smallest absolute Gasteiger partial charge is 0.166 e. The molecule has 0 spiro atoms. The minimum Gasteiger partial charge on any atom is -0.452 e. The number of para-hydroxylation sites is 2. The molecule has 8 rings (SSSR count). The third-order valence-electron chi connectivity index (χ3n) is 7.53. The summed E-state index contributed by atoms with van der Waals surface area (Å²) in [6.07, 6.45) is 6.97. The van der Waals surface area contributed by atoms with Gasteiger partial charge in [-0.25, -0.2) is 15.0 Å². The van der Waals surface area contributed by atoms with Crippen molar-refractivity contribution in [3.8, 4) is 67.9 Å². The van der Waals surface area contributed by atoms with Crippen molar-refractivity contribution in [3.63, 3.8) is 0 Å². The summed E-state index contributed by atoms with van der Waals surface area (Å²) in [5, 5.41) is 3.65. The first-order valence-electron chi connectivity index (χ1n) is 14.2. The fourth-order valence-electron chi connectivity index (χ4n) is 5.45. The van der Waals surface area contributed by atoms with E-state index in [9.17, 15) is 0 Å². The van der Waals surface area contributed by atoms with E-state index in [2.05, 4.69) is 75.9 Å². The third-order valence-corrected chi connectivity index (χ3v) is 7.53. The van der Waals surface area contributed by atoms with Crippen molar-refractivity contribution in [1.82, 2.24) is 24.9 Å². The molecular formula is C37H24N6O. The second-order valence-electron chi connectivity index (χ2n) is 10.3. The Morgan fingerprint density at radius 1 is 0.455 bits per heavy atom. The number of pyridine rings is 2. The van der Waals surface area contributed by atoms with Gasteiger partial charge in [-0.3, -0.25) is 9.97 Å². The molecule has 1 aliphatic rings. The highest BCUT2D eigenvalue weighted by molar-refractivity contribution is 5.96. The number of nitrogens with zero attached hydrogens (tertiary/aromatic N) is 5. The van der Waals surface area contributed by atoms with E-state index in [1.807, 2.05) is 54.6 Å². The molecule has 7 nitrogen and oxygen atoms in total. The predicted octanol–water partition coefficient (Wildman–Crippen LogP) is 8.85. The van der Waals surface area contributed by atoms with E-state index in [4.69, 9.17) is 19.7 Å². The molecule has 208 valence electrons. The fourth-order valence-corrected chi connectivity index (χ4v) is 5.45. The topological polar surface area (TPSA) is 85.7 Å². The number of hydrogen-bond donors (Lipinski definition) is 1. The molecule has 0 saturated heterocycles. The monoisotopic (exact) mass is 568 g/mol. The molecule has 0 amide bonds. The van der Waals surface area contributed by atoms with Crippen LogP contribution in [-0.2, 0) is 0 Å². The Hall–Kier alpha value is -6.21. The zero-order chi connectivity index (χ0) is 29.3. The number of rotatable bonds is 5. The second kappa shape index (κ2) is 10.9. The van der Waals surface area contributed by atoms with E-state index in [0.717, 1.165) is 56.1 Å². The lowest BCUT2D eigenvalue weighted by Crippen LogP contribution is -2.08. The maximum Gasteiger partial charge on any atom is 0.166 e. The molecule has 4 aromatic carbocycles. The first-order chi connectivity index (χ1) is 21.8. The second-order valence-corrected chi connectivity index (χ2v) is 10.3. The van der Waals surface area contributed by atoms with E-state index in [1.165, 1.54) is 0 Å². The summed E-state index contributed by atoms with van der Waals surface area (Å²) in [6.45, 7) is 0. The van der Waals surface area contributed by atoms with Crippen LogP contribution in [0.15, 0.2) is 140 Å². The number of ether oxygens (including phenoxy) is 1. The molecule has 3 aromatic heterocycles. The van der Waals surface area contributed by atoms with Crippen molar-refractivity contribution in [1.29, 1.82) is 0 Å². The van der Waals surface area contributed by atoms with Gasteiger partial charge in [-0.1, -0.05) is 66.7 Å². The minimum absolute atomic E-state index is 0.507. The van der Waals surface area contributed by atoms with Gasteiger partial charge in [0, 0.05) is 47.0 Å². The number of nitrogens with one attached hydrogen (secondary N) is 1. The minimum atomic E-state index is 0.507. The first kappa shape index (κ1) is 25.5. The van der Waals surface area contributed by atoms with Crippen molar-refractivity contribution in [2.45, 2.75) is 0 Å². The third kappa shape index (κ3) is 4.62. The van der Waals surface area contributed by atoms with Gasteiger partial charge >= 0.3 is 0 Å². The number of benzene rings is 4. The van der Waals surface area contributed by atoms with Crippen LogP contribution in [0.2, 0.25) is 0 Å². The summed E-state index contributed by atoms with van der Waals surface area (Å²) in [7, 11) is 0. The van der Waals surface area contributed by atoms with Crippen LogP contribution in [-0.4, -0.2) is 24.9 Å². The molecular weight excluding hydrogens is 544 g/mol. The number of hydrogen-bond acceptors (Lipinski definition) is 7. The van der Waals surface area contributed by atoms with Gasteiger partial charge in [0.15, 0.2) is 29.0 Å². The van der Waals surface area contributed by atoms with Crippen molar-refractivity contribution < 1.29 is 4.74 Å². The largest absolute Gasteiger partial charge is 0.452 e. The average Bonchev–Trinajstić information content (AvgIpc) is 3.11. The van der Waals surface area contributed by atoms with Gasteiger partial charge < -0.3 is 10.1 Å². The Bertz CT molecular complexity index is 2060. The Morgan fingerprint density at radius 2 is 1.05 bits per heavy atom. The maximum absolute atomic E-state index is 6.69. The molecule has 0 unspecified atom stereocenters. The highest BCUT2D eigenvalue weighted by Gasteiger charge is 2.27. The normalized spacial score (nSPS) is 11.5. The van der Waals surface area contributed by atoms with E-state index in [-0.39, 0.29) is 0 Å². The number of fused-ring (bicyclic) bond motifs is 2. The maximum atomic E-state index is 6.69. The average molecular weight is 569 g/mol. The molecule has 0 atom stereocenters. The summed E-state index contributed by atoms with van der Waals surface area (Å²) < 4.78 is 6.69. The van der Waals surface area contributed by atoms with Gasteiger partial charge in [-0.15, -0.1) is 0 Å². The van der Waals surface area contributed by atoms with Gasteiger partial charge in [-0.2, -0.15) is 0 Å². The van der Waals surface area contributed by atoms with Crippen molar-refractivity contribution in [2.75, 3.05) is 5.32 Å². The van der Waals surface area contributed by atoms with Crippen LogP contribution in [0, 0.1) is 0 Å². The summed E-state index contributed by atoms with van der Waals surface area (Å²) in [5.74, 6) is 3.00. The van der Waals surface area contributed by atoms with Gasteiger partial charge in [0.2, 0.25) is 0 Å². The fraction of sp³-hybridized carbons (Fsp3) is 0. The highest BCUT2D eigenvalue weighted by Crippen LogP contribution is 2.52. The number of anilines is 2. The zero-order valence-corrected chi connectivity index (χ0v) is 23.4. The molecule has 4 heterocycles. The van der Waals surface area contributed by atoms with E-state index < -0.39 is 0 Å². The standard InChI is InChI=1S/C37H24N6O/c1-2-10-24(11-3-1)27-14-4-5-15-28(27)29-18-19-30(33-34(29)44-32-17-7-6-16-31(32)40-33)37-42-35(25-12-8-20-38-22-25)41-36(43-37)26-13-9-21-39-23-26/h1-23,40H. The molecule has 7 aromatic rings. The number of aromatic nitrogens is 5. The van der Waals surface area contributed by atoms with Crippen molar-refractivity contribution in [2.24, 2.45) is 0 Å². The van der Waals surface area contributed by atoms with Crippen LogP contribution in [0.1, 0.15) is 0 Å². The summed E-state index contributed by atoms with van der Waals surface area (Å²) in [5.41, 5.74) is 8.27. The SMILES string of the molecule is c1ccc(-c2ccccc2-c2ccc(-c3nc(-c4cccnc4)nc(-c4cccnc4)n3)c3c2Oc2ccccc2N3)cc1. The summed E-state index contributed by atoms with van der Waals surface area (Å²) >= 11 is 0. The Labute approximate surface area is 254 Å². The van der Waals surface area contributed by atoms with Crippen LogP contribution in [0.5, 0.6) is 11.5 Å². The van der Waals surface area contributed by atoms with Crippen LogP contribution < -0.4 is 10.1 Å². The van der Waals surface area contributed by atoms with Crippen molar-refractivity contribution >= 4 is 11.4 Å². The molecule has 0 aliphatic carbocycles. The van der Waals surface area contributed by atoms with Crippen LogP contribution in [0.25, 0.3) is 56.4 Å². The van der Waals surface area contributed by atoms with Crippen molar-refractivity contribution in [3.05, 3.63) is 140 Å². The van der Waals surface area contributed by atoms with Gasteiger partial charge in [0.1, 0.15) is 0 Å². The lowest BCUT2D eigenvalue weighted by atomic mass is 9.92. The van der Waals surface area contributed by atoms with Gasteiger partial charge in [0.25, 0.3) is 0 Å². The molecule has 1 N–H and O–H groups in total. The van der Waals surface area contributed by atoms with Crippen LogP contribution >= 0.6 is 0 Å². The van der Waals surface area contributed by atoms with E-state index in [1.54, 1.807) is 24.8 Å². The molecule has 0 radical (unpaired) electrons. The Balaban J connectivity index is 1.36. The Morgan fingerprint density at radius 3 is 1.75 bits per heavy atom. The van der Waals surface area contributed by atoms with Crippen LogP contribution in [0.4, 0.5) is 11.4 Å². The first-order valence-corrected chi connectivity index (χ1v) is 14.2. The lowest BCUT2D eigenvalue weighted by Gasteiger charge is -2.26. The van der Waals surface area contributed by atoms with E-state index in [0.29, 0.717) is 23.2 Å². The van der Waals surface area contributed by atoms with E-state index >= 15 is 0 Å². The Kier molecular flexibility index (Phi) is 6.31. The van der Waals surface area contributed by atoms with Crippen LogP contribution in [0.3, 0.4) is 0 Å².